The van der Waals surface area contributed by atoms with Crippen LogP contribution in [0.2, 0.25) is 5.02 Å². The summed E-state index contributed by atoms with van der Waals surface area (Å²) in [6.07, 6.45) is -0.579. The summed E-state index contributed by atoms with van der Waals surface area (Å²) < 4.78 is 11.2. The minimum Gasteiger partial charge on any atom is -0.479 e. The number of amides is 2. The maximum atomic E-state index is 12.7. The number of carbonyl (C=O) groups is 2. The lowest BCUT2D eigenvalue weighted by Gasteiger charge is -2.35. The number of hydrogen-bond acceptors (Lipinski definition) is 5. The van der Waals surface area contributed by atoms with Gasteiger partial charge in [0.25, 0.3) is 11.8 Å². The van der Waals surface area contributed by atoms with E-state index in [1.54, 1.807) is 48.2 Å². The van der Waals surface area contributed by atoms with Gasteiger partial charge in [0.2, 0.25) is 0 Å². The molecule has 0 saturated carbocycles. The van der Waals surface area contributed by atoms with Crippen LogP contribution < -0.4 is 15.0 Å². The SMILES string of the molecule is CC1Oc2cc(NC(=O)c3ccc(Cl)cc3)ccc2N(CCN2CCOCC2)C1=O. The normalized spacial score (nSPS) is 19.2. The molecule has 1 N–H and O–H groups in total. The highest BCUT2D eigenvalue weighted by Crippen LogP contribution is 2.36. The molecule has 0 bridgehead atoms. The standard InChI is InChI=1S/C22H24ClN3O4/c1-15-22(28)26(9-8-25-10-12-29-13-11-25)19-7-6-18(14-20(19)30-15)24-21(27)16-2-4-17(23)5-3-16/h2-7,14-15H,8-13H2,1H3,(H,24,27). The Balaban J connectivity index is 1.48. The lowest BCUT2D eigenvalue weighted by molar-refractivity contribution is -0.125. The number of halogens is 1. The number of nitrogens with zero attached hydrogens (tertiary/aromatic N) is 2. The lowest BCUT2D eigenvalue weighted by Crippen LogP contribution is -2.48. The van der Waals surface area contributed by atoms with Gasteiger partial charge in [-0.15, -0.1) is 0 Å². The highest BCUT2D eigenvalue weighted by atomic mass is 35.5. The fourth-order valence-electron chi connectivity index (χ4n) is 3.59. The van der Waals surface area contributed by atoms with Crippen LogP contribution in [0.1, 0.15) is 17.3 Å². The van der Waals surface area contributed by atoms with E-state index in [-0.39, 0.29) is 11.8 Å². The summed E-state index contributed by atoms with van der Waals surface area (Å²) in [5.74, 6) is 0.280. The average Bonchev–Trinajstić information content (AvgIpc) is 2.75. The molecule has 0 aliphatic carbocycles. The van der Waals surface area contributed by atoms with E-state index in [1.165, 1.54) is 0 Å². The van der Waals surface area contributed by atoms with Crippen molar-refractivity contribution in [3.8, 4) is 5.75 Å². The van der Waals surface area contributed by atoms with Crippen LogP contribution in [0.3, 0.4) is 0 Å². The second-order valence-electron chi connectivity index (χ2n) is 7.35. The van der Waals surface area contributed by atoms with Gasteiger partial charge in [0.05, 0.1) is 18.9 Å². The number of rotatable bonds is 5. The number of carbonyl (C=O) groups excluding carboxylic acids is 2. The van der Waals surface area contributed by atoms with E-state index >= 15 is 0 Å². The maximum Gasteiger partial charge on any atom is 0.267 e. The van der Waals surface area contributed by atoms with E-state index in [0.717, 1.165) is 38.5 Å². The zero-order chi connectivity index (χ0) is 21.1. The molecule has 0 radical (unpaired) electrons. The van der Waals surface area contributed by atoms with Crippen molar-refractivity contribution in [2.45, 2.75) is 13.0 Å². The number of benzene rings is 2. The van der Waals surface area contributed by atoms with Crippen LogP contribution in [0.4, 0.5) is 11.4 Å². The zero-order valence-corrected chi connectivity index (χ0v) is 17.5. The third-order valence-corrected chi connectivity index (χ3v) is 5.53. The van der Waals surface area contributed by atoms with Crippen LogP contribution in [0.25, 0.3) is 0 Å². The number of ether oxygens (including phenoxy) is 2. The molecule has 1 atom stereocenters. The second kappa shape index (κ2) is 9.04. The smallest absolute Gasteiger partial charge is 0.267 e. The summed E-state index contributed by atoms with van der Waals surface area (Å²) >= 11 is 5.88. The quantitative estimate of drug-likeness (QED) is 0.791. The summed E-state index contributed by atoms with van der Waals surface area (Å²) in [5.41, 5.74) is 1.83. The summed E-state index contributed by atoms with van der Waals surface area (Å²) in [4.78, 5) is 29.2. The fraction of sp³-hybridized carbons (Fsp3) is 0.364. The molecular weight excluding hydrogens is 406 g/mol. The van der Waals surface area contributed by atoms with Gasteiger partial charge in [0.15, 0.2) is 6.10 Å². The van der Waals surface area contributed by atoms with Gasteiger partial charge >= 0.3 is 0 Å². The van der Waals surface area contributed by atoms with Crippen molar-refractivity contribution in [3.05, 3.63) is 53.1 Å². The zero-order valence-electron chi connectivity index (χ0n) is 16.8. The maximum absolute atomic E-state index is 12.7. The number of anilines is 2. The number of fused-ring (bicyclic) bond motifs is 1. The van der Waals surface area contributed by atoms with Crippen LogP contribution in [-0.4, -0.2) is 62.2 Å². The summed E-state index contributed by atoms with van der Waals surface area (Å²) in [5, 5.41) is 3.44. The molecule has 2 aromatic rings. The Labute approximate surface area is 180 Å². The van der Waals surface area contributed by atoms with Gasteiger partial charge in [-0.05, 0) is 43.3 Å². The molecule has 2 aliphatic heterocycles. The van der Waals surface area contributed by atoms with E-state index in [0.29, 0.717) is 28.6 Å². The summed E-state index contributed by atoms with van der Waals surface area (Å²) in [6.45, 7) is 6.28. The van der Waals surface area contributed by atoms with Gasteiger partial charge in [-0.3, -0.25) is 14.5 Å². The Hall–Kier alpha value is -2.61. The van der Waals surface area contributed by atoms with Crippen molar-refractivity contribution in [2.75, 3.05) is 49.6 Å². The minimum atomic E-state index is -0.579. The van der Waals surface area contributed by atoms with Crippen molar-refractivity contribution in [1.29, 1.82) is 0 Å². The largest absolute Gasteiger partial charge is 0.479 e. The molecule has 2 heterocycles. The summed E-state index contributed by atoms with van der Waals surface area (Å²) in [7, 11) is 0. The predicted octanol–water partition coefficient (Wildman–Crippen LogP) is 3.04. The van der Waals surface area contributed by atoms with Gasteiger partial charge in [0.1, 0.15) is 5.75 Å². The van der Waals surface area contributed by atoms with Crippen LogP contribution in [0.5, 0.6) is 5.75 Å². The molecule has 2 aromatic carbocycles. The average molecular weight is 430 g/mol. The number of morpholine rings is 1. The molecule has 1 fully saturated rings. The Morgan fingerprint density at radius 2 is 1.87 bits per heavy atom. The molecule has 8 heteroatoms. The Morgan fingerprint density at radius 3 is 2.60 bits per heavy atom. The van der Waals surface area contributed by atoms with Crippen molar-refractivity contribution >= 4 is 34.8 Å². The highest BCUT2D eigenvalue weighted by molar-refractivity contribution is 6.30. The van der Waals surface area contributed by atoms with Crippen molar-refractivity contribution in [2.24, 2.45) is 0 Å². The first-order valence-corrected chi connectivity index (χ1v) is 10.4. The first-order valence-electron chi connectivity index (χ1n) is 10.0. The number of hydrogen-bond donors (Lipinski definition) is 1. The van der Waals surface area contributed by atoms with Gasteiger partial charge in [-0.25, -0.2) is 0 Å². The minimum absolute atomic E-state index is 0.0614. The summed E-state index contributed by atoms with van der Waals surface area (Å²) in [6, 6.07) is 12.0. The van der Waals surface area contributed by atoms with E-state index in [4.69, 9.17) is 21.1 Å². The third kappa shape index (κ3) is 4.59. The van der Waals surface area contributed by atoms with Crippen molar-refractivity contribution in [1.82, 2.24) is 4.90 Å². The van der Waals surface area contributed by atoms with E-state index in [9.17, 15) is 9.59 Å². The van der Waals surface area contributed by atoms with Crippen LogP contribution in [0.15, 0.2) is 42.5 Å². The molecule has 7 nitrogen and oxygen atoms in total. The molecule has 2 amide bonds. The van der Waals surface area contributed by atoms with Crippen molar-refractivity contribution < 1.29 is 19.1 Å². The second-order valence-corrected chi connectivity index (χ2v) is 7.78. The molecule has 30 heavy (non-hydrogen) atoms. The molecule has 1 unspecified atom stereocenters. The topological polar surface area (TPSA) is 71.1 Å². The monoisotopic (exact) mass is 429 g/mol. The van der Waals surface area contributed by atoms with Crippen LogP contribution in [-0.2, 0) is 9.53 Å². The predicted molar refractivity (Wildman–Crippen MR) is 116 cm³/mol. The first kappa shape index (κ1) is 20.7. The Morgan fingerprint density at radius 1 is 1.13 bits per heavy atom. The number of nitrogens with one attached hydrogen (secondary N) is 1. The van der Waals surface area contributed by atoms with Crippen LogP contribution >= 0.6 is 11.6 Å². The van der Waals surface area contributed by atoms with Gasteiger partial charge < -0.3 is 19.7 Å². The van der Waals surface area contributed by atoms with Gasteiger partial charge in [0, 0.05) is 48.5 Å². The van der Waals surface area contributed by atoms with Crippen LogP contribution in [0, 0.1) is 0 Å². The van der Waals surface area contributed by atoms with Gasteiger partial charge in [-0.2, -0.15) is 0 Å². The van der Waals surface area contributed by atoms with Gasteiger partial charge in [-0.1, -0.05) is 11.6 Å². The molecule has 2 aliphatic rings. The molecular formula is C22H24ClN3O4. The van der Waals surface area contributed by atoms with E-state index in [1.807, 2.05) is 6.07 Å². The van der Waals surface area contributed by atoms with E-state index in [2.05, 4.69) is 10.2 Å². The lowest BCUT2D eigenvalue weighted by atomic mass is 10.1. The highest BCUT2D eigenvalue weighted by Gasteiger charge is 2.32. The molecule has 158 valence electrons. The molecule has 0 spiro atoms. The fourth-order valence-corrected chi connectivity index (χ4v) is 3.72. The molecule has 0 aromatic heterocycles. The Bertz CT molecular complexity index is 928. The molecule has 1 saturated heterocycles. The third-order valence-electron chi connectivity index (χ3n) is 5.28. The first-order chi connectivity index (χ1) is 14.5. The Kier molecular flexibility index (Phi) is 6.22. The van der Waals surface area contributed by atoms with E-state index < -0.39 is 6.10 Å². The van der Waals surface area contributed by atoms with Crippen molar-refractivity contribution in [3.63, 3.8) is 0 Å². The molecule has 4 rings (SSSR count).